The maximum atomic E-state index is 9.14. The Hall–Kier alpha value is -2.11. The van der Waals surface area contributed by atoms with Crippen LogP contribution in [0.3, 0.4) is 0 Å². The Bertz CT molecular complexity index is 640. The molecule has 0 saturated heterocycles. The molecule has 1 N–H and O–H groups in total. The molecule has 2 heteroatoms. The molecule has 0 heterocycles. The largest absolute Gasteiger partial charge is 0.306 e. The molecular formula is C18H18N2. The van der Waals surface area contributed by atoms with Gasteiger partial charge in [0.1, 0.15) is 0 Å². The summed E-state index contributed by atoms with van der Waals surface area (Å²) in [4.78, 5) is 0. The molecule has 0 aliphatic heterocycles. The molecule has 3 rings (SSSR count). The highest BCUT2D eigenvalue weighted by molar-refractivity contribution is 5.37. The molecule has 0 radical (unpaired) electrons. The fourth-order valence-electron chi connectivity index (χ4n) is 2.98. The van der Waals surface area contributed by atoms with Gasteiger partial charge in [0.25, 0.3) is 0 Å². The molecule has 2 nitrogen and oxygen atoms in total. The number of nitriles is 1. The first-order valence-electron chi connectivity index (χ1n) is 7.17. The number of hydrogen-bond donors (Lipinski definition) is 1. The lowest BCUT2D eigenvalue weighted by Crippen LogP contribution is -2.25. The summed E-state index contributed by atoms with van der Waals surface area (Å²) in [6.07, 6.45) is 3.59. The van der Waals surface area contributed by atoms with Crippen LogP contribution in [0, 0.1) is 11.3 Å². The van der Waals surface area contributed by atoms with E-state index in [1.54, 1.807) is 0 Å². The van der Waals surface area contributed by atoms with Gasteiger partial charge in [-0.2, -0.15) is 5.26 Å². The van der Waals surface area contributed by atoms with Gasteiger partial charge in [0.2, 0.25) is 0 Å². The lowest BCUT2D eigenvalue weighted by atomic mass is 9.87. The lowest BCUT2D eigenvalue weighted by molar-refractivity contribution is 0.459. The van der Waals surface area contributed by atoms with Crippen LogP contribution in [-0.2, 0) is 13.0 Å². The van der Waals surface area contributed by atoms with E-state index in [9.17, 15) is 0 Å². The van der Waals surface area contributed by atoms with Gasteiger partial charge in [-0.25, -0.2) is 0 Å². The van der Waals surface area contributed by atoms with Crippen molar-refractivity contribution in [1.82, 2.24) is 5.32 Å². The summed E-state index contributed by atoms with van der Waals surface area (Å²) < 4.78 is 0. The fraction of sp³-hybridized carbons (Fsp3) is 0.278. The zero-order chi connectivity index (χ0) is 13.8. The van der Waals surface area contributed by atoms with Crippen molar-refractivity contribution < 1.29 is 0 Å². The summed E-state index contributed by atoms with van der Waals surface area (Å²) in [5, 5.41) is 12.8. The quantitative estimate of drug-likeness (QED) is 0.915. The second-order valence-corrected chi connectivity index (χ2v) is 5.29. The van der Waals surface area contributed by atoms with Crippen LogP contribution >= 0.6 is 0 Å². The Labute approximate surface area is 120 Å². The highest BCUT2D eigenvalue weighted by Gasteiger charge is 2.19. The average Bonchev–Trinajstić information content (AvgIpc) is 2.53. The van der Waals surface area contributed by atoms with Crippen LogP contribution in [0.4, 0.5) is 0 Å². The third kappa shape index (κ3) is 2.59. The molecule has 0 amide bonds. The molecule has 1 atom stereocenters. The van der Waals surface area contributed by atoms with E-state index in [-0.39, 0.29) is 0 Å². The first kappa shape index (κ1) is 12.9. The van der Waals surface area contributed by atoms with Crippen molar-refractivity contribution in [3.63, 3.8) is 0 Å². The number of nitrogens with one attached hydrogen (secondary N) is 1. The Kier molecular flexibility index (Phi) is 3.80. The zero-order valence-corrected chi connectivity index (χ0v) is 11.5. The van der Waals surface area contributed by atoms with Gasteiger partial charge in [-0.15, -0.1) is 0 Å². The van der Waals surface area contributed by atoms with Gasteiger partial charge in [0, 0.05) is 12.6 Å². The maximum Gasteiger partial charge on any atom is 0.0995 e. The Morgan fingerprint density at radius 3 is 2.80 bits per heavy atom. The number of hydrogen-bond acceptors (Lipinski definition) is 2. The van der Waals surface area contributed by atoms with Crippen LogP contribution in [0.2, 0.25) is 0 Å². The molecule has 1 aliphatic rings. The van der Waals surface area contributed by atoms with Crippen LogP contribution in [0.1, 0.15) is 41.1 Å². The SMILES string of the molecule is N#Cc1ccccc1CNC1CCCc2ccccc21. The van der Waals surface area contributed by atoms with Crippen molar-refractivity contribution in [3.8, 4) is 6.07 Å². The van der Waals surface area contributed by atoms with E-state index in [4.69, 9.17) is 5.26 Å². The van der Waals surface area contributed by atoms with E-state index in [2.05, 4.69) is 35.7 Å². The highest BCUT2D eigenvalue weighted by Crippen LogP contribution is 2.29. The van der Waals surface area contributed by atoms with Crippen molar-refractivity contribution in [1.29, 1.82) is 5.26 Å². The second kappa shape index (κ2) is 5.90. The number of rotatable bonds is 3. The summed E-state index contributed by atoms with van der Waals surface area (Å²) in [6.45, 7) is 0.753. The topological polar surface area (TPSA) is 35.8 Å². The molecule has 20 heavy (non-hydrogen) atoms. The summed E-state index contributed by atoms with van der Waals surface area (Å²) in [7, 11) is 0. The number of benzene rings is 2. The van der Waals surface area contributed by atoms with Gasteiger partial charge in [-0.1, -0.05) is 42.5 Å². The van der Waals surface area contributed by atoms with Gasteiger partial charge in [0.15, 0.2) is 0 Å². The third-order valence-corrected chi connectivity index (χ3v) is 4.05. The first-order chi connectivity index (χ1) is 9.88. The standard InChI is InChI=1S/C18H18N2/c19-12-15-7-1-2-8-16(15)13-20-18-11-5-9-14-6-3-4-10-17(14)18/h1-4,6-8,10,18,20H,5,9,11,13H2. The van der Waals surface area contributed by atoms with Crippen LogP contribution in [0.25, 0.3) is 0 Å². The number of fused-ring (bicyclic) bond motifs is 1. The van der Waals surface area contributed by atoms with Crippen molar-refractivity contribution in [2.45, 2.75) is 31.8 Å². The molecule has 100 valence electrons. The van der Waals surface area contributed by atoms with Crippen LogP contribution in [0.5, 0.6) is 0 Å². The summed E-state index contributed by atoms with van der Waals surface area (Å²) in [5.41, 5.74) is 4.74. The van der Waals surface area contributed by atoms with Gasteiger partial charge in [-0.3, -0.25) is 0 Å². The van der Waals surface area contributed by atoms with Gasteiger partial charge >= 0.3 is 0 Å². The van der Waals surface area contributed by atoms with E-state index in [0.29, 0.717) is 6.04 Å². The smallest absolute Gasteiger partial charge is 0.0995 e. The van der Waals surface area contributed by atoms with Crippen LogP contribution in [0.15, 0.2) is 48.5 Å². The van der Waals surface area contributed by atoms with Crippen molar-refractivity contribution in [3.05, 3.63) is 70.8 Å². The molecule has 2 aromatic carbocycles. The van der Waals surface area contributed by atoms with Gasteiger partial charge in [-0.05, 0) is 42.0 Å². The van der Waals surface area contributed by atoms with E-state index < -0.39 is 0 Å². The van der Waals surface area contributed by atoms with Gasteiger partial charge < -0.3 is 5.32 Å². The predicted octanol–water partition coefficient (Wildman–Crippen LogP) is 3.73. The molecular weight excluding hydrogens is 244 g/mol. The van der Waals surface area contributed by atoms with Crippen molar-refractivity contribution >= 4 is 0 Å². The molecule has 1 unspecified atom stereocenters. The Balaban J connectivity index is 1.75. The predicted molar refractivity (Wildman–Crippen MR) is 80.1 cm³/mol. The first-order valence-corrected chi connectivity index (χ1v) is 7.17. The van der Waals surface area contributed by atoms with Crippen molar-refractivity contribution in [2.75, 3.05) is 0 Å². The highest BCUT2D eigenvalue weighted by atomic mass is 14.9. The lowest BCUT2D eigenvalue weighted by Gasteiger charge is -2.26. The molecule has 0 spiro atoms. The number of aryl methyl sites for hydroxylation is 1. The van der Waals surface area contributed by atoms with E-state index >= 15 is 0 Å². The molecule has 1 aliphatic carbocycles. The Morgan fingerprint density at radius 2 is 1.90 bits per heavy atom. The molecule has 0 aromatic heterocycles. The normalized spacial score (nSPS) is 17.2. The van der Waals surface area contributed by atoms with E-state index in [1.807, 2.05) is 24.3 Å². The summed E-state index contributed by atoms with van der Waals surface area (Å²) in [6, 6.07) is 19.2. The minimum Gasteiger partial charge on any atom is -0.306 e. The van der Waals surface area contributed by atoms with Crippen LogP contribution in [-0.4, -0.2) is 0 Å². The molecule has 2 aromatic rings. The second-order valence-electron chi connectivity index (χ2n) is 5.29. The van der Waals surface area contributed by atoms with E-state index in [1.165, 1.54) is 30.4 Å². The Morgan fingerprint density at radius 1 is 1.10 bits per heavy atom. The van der Waals surface area contributed by atoms with Crippen molar-refractivity contribution in [2.24, 2.45) is 0 Å². The minimum absolute atomic E-state index is 0.409. The third-order valence-electron chi connectivity index (χ3n) is 4.05. The average molecular weight is 262 g/mol. The monoisotopic (exact) mass is 262 g/mol. The molecule has 0 bridgehead atoms. The zero-order valence-electron chi connectivity index (χ0n) is 11.5. The minimum atomic E-state index is 0.409. The summed E-state index contributed by atoms with van der Waals surface area (Å²) >= 11 is 0. The van der Waals surface area contributed by atoms with Gasteiger partial charge in [0.05, 0.1) is 11.6 Å². The number of nitrogens with zero attached hydrogens (tertiary/aromatic N) is 1. The van der Waals surface area contributed by atoms with Crippen LogP contribution < -0.4 is 5.32 Å². The molecule has 0 saturated carbocycles. The maximum absolute atomic E-state index is 9.14. The fourth-order valence-corrected chi connectivity index (χ4v) is 2.98. The molecule has 0 fully saturated rings. The van der Waals surface area contributed by atoms with E-state index in [0.717, 1.165) is 17.7 Å². The summed E-state index contributed by atoms with van der Waals surface area (Å²) in [5.74, 6) is 0.